The van der Waals surface area contributed by atoms with Gasteiger partial charge in [-0.1, -0.05) is 29.9 Å². The van der Waals surface area contributed by atoms with E-state index >= 15 is 0 Å². The topological polar surface area (TPSA) is 77.8 Å². The first-order valence-electron chi connectivity index (χ1n) is 8.42. The Morgan fingerprint density at radius 2 is 1.71 bits per heavy atom. The van der Waals surface area contributed by atoms with Crippen molar-refractivity contribution in [2.75, 3.05) is 6.61 Å². The number of hydrogen-bond acceptors (Lipinski definition) is 3. The highest BCUT2D eigenvalue weighted by atomic mass is 16.4. The van der Waals surface area contributed by atoms with Crippen molar-refractivity contribution < 1.29 is 20.1 Å². The minimum atomic E-state index is -0.904. The van der Waals surface area contributed by atoms with Crippen molar-refractivity contribution in [3.05, 3.63) is 47.6 Å². The molecule has 0 amide bonds. The maximum Gasteiger partial charge on any atom is 0.331 e. The van der Waals surface area contributed by atoms with Gasteiger partial charge in [-0.15, -0.1) is 6.58 Å². The first-order chi connectivity index (χ1) is 11.2. The van der Waals surface area contributed by atoms with Crippen LogP contribution in [-0.2, 0) is 4.79 Å². The number of aliphatic hydroxyl groups excluding tert-OH is 1. The maximum absolute atomic E-state index is 11.2. The molecule has 0 fully saturated rings. The number of carboxylic acids is 1. The van der Waals surface area contributed by atoms with Crippen molar-refractivity contribution in [2.45, 2.75) is 64.9 Å². The minimum Gasteiger partial charge on any atom is -0.478 e. The van der Waals surface area contributed by atoms with Gasteiger partial charge in [0.1, 0.15) is 0 Å². The number of aliphatic carboxylic acids is 1. The van der Waals surface area contributed by atoms with Crippen LogP contribution >= 0.6 is 0 Å². The van der Waals surface area contributed by atoms with Gasteiger partial charge in [0, 0.05) is 5.57 Å². The smallest absolute Gasteiger partial charge is 0.331 e. The molecule has 0 aliphatic carbocycles. The lowest BCUT2D eigenvalue weighted by molar-refractivity contribution is -0.132. The summed E-state index contributed by atoms with van der Waals surface area (Å²) in [5, 5.41) is 28.5. The van der Waals surface area contributed by atoms with Crippen LogP contribution in [0.5, 0.6) is 0 Å². The number of aliphatic hydroxyl groups is 2. The summed E-state index contributed by atoms with van der Waals surface area (Å²) in [6.45, 7) is 9.21. The highest BCUT2D eigenvalue weighted by Crippen LogP contribution is 2.16. The van der Waals surface area contributed by atoms with Gasteiger partial charge in [-0.3, -0.25) is 0 Å². The SMILES string of the molecule is C=CC(C)(O)CC/C=C(\CO)CC/C=C(/CCC=C(C)C)C(=O)O. The van der Waals surface area contributed by atoms with Crippen LogP contribution in [0.3, 0.4) is 0 Å². The molecule has 0 bridgehead atoms. The first-order valence-corrected chi connectivity index (χ1v) is 8.42. The largest absolute Gasteiger partial charge is 0.478 e. The van der Waals surface area contributed by atoms with Crippen LogP contribution in [0.2, 0.25) is 0 Å². The Bertz CT molecular complexity index is 492. The van der Waals surface area contributed by atoms with Gasteiger partial charge < -0.3 is 15.3 Å². The van der Waals surface area contributed by atoms with E-state index in [0.717, 1.165) is 12.0 Å². The molecule has 0 aromatic carbocycles. The second-order valence-electron chi connectivity index (χ2n) is 6.51. The predicted molar refractivity (Wildman–Crippen MR) is 98.8 cm³/mol. The number of carbonyl (C=O) groups is 1. The fourth-order valence-corrected chi connectivity index (χ4v) is 2.16. The third kappa shape index (κ3) is 11.0. The molecule has 0 saturated heterocycles. The summed E-state index contributed by atoms with van der Waals surface area (Å²) in [5.74, 6) is -0.881. The van der Waals surface area contributed by atoms with Gasteiger partial charge in [0.25, 0.3) is 0 Å². The molecule has 1 atom stereocenters. The lowest BCUT2D eigenvalue weighted by Gasteiger charge is -2.17. The molecule has 4 heteroatoms. The third-order valence-corrected chi connectivity index (χ3v) is 3.82. The Morgan fingerprint density at radius 3 is 2.21 bits per heavy atom. The second-order valence-corrected chi connectivity index (χ2v) is 6.51. The Kier molecular flexibility index (Phi) is 11.0. The zero-order chi connectivity index (χ0) is 18.6. The van der Waals surface area contributed by atoms with E-state index in [9.17, 15) is 20.1 Å². The number of allylic oxidation sites excluding steroid dienone is 4. The lowest BCUT2D eigenvalue weighted by atomic mass is 9.98. The van der Waals surface area contributed by atoms with Gasteiger partial charge in [0.05, 0.1) is 12.2 Å². The van der Waals surface area contributed by atoms with Crippen molar-refractivity contribution in [2.24, 2.45) is 0 Å². The second kappa shape index (κ2) is 11.8. The Labute approximate surface area is 145 Å². The Hall–Kier alpha value is -1.65. The molecule has 3 N–H and O–H groups in total. The van der Waals surface area contributed by atoms with Crippen molar-refractivity contribution in [1.82, 2.24) is 0 Å². The normalized spacial score (nSPS) is 14.9. The third-order valence-electron chi connectivity index (χ3n) is 3.82. The van der Waals surface area contributed by atoms with E-state index in [2.05, 4.69) is 6.58 Å². The first kappa shape index (κ1) is 22.4. The molecule has 0 aromatic rings. The summed E-state index contributed by atoms with van der Waals surface area (Å²) in [6, 6.07) is 0. The molecule has 4 nitrogen and oxygen atoms in total. The molecule has 0 heterocycles. The Morgan fingerprint density at radius 1 is 1.08 bits per heavy atom. The van der Waals surface area contributed by atoms with E-state index in [0.29, 0.717) is 37.7 Å². The van der Waals surface area contributed by atoms with Crippen LogP contribution in [0, 0.1) is 0 Å². The minimum absolute atomic E-state index is 0.0513. The molecule has 24 heavy (non-hydrogen) atoms. The number of hydrogen-bond donors (Lipinski definition) is 3. The summed E-state index contributed by atoms with van der Waals surface area (Å²) < 4.78 is 0. The van der Waals surface area contributed by atoms with Crippen molar-refractivity contribution in [3.63, 3.8) is 0 Å². The fraction of sp³-hybridized carbons (Fsp3) is 0.550. The standard InChI is InChI=1S/C20H32O4/c1-5-20(4,24)14-8-11-17(15-21)10-7-13-18(19(22)23)12-6-9-16(2)3/h5,9,11,13,21,24H,1,6-8,10,12,14-15H2,2-4H3,(H,22,23)/b17-11-,18-13-. The fourth-order valence-electron chi connectivity index (χ4n) is 2.16. The molecular formula is C20H32O4. The summed E-state index contributed by atoms with van der Waals surface area (Å²) in [6.07, 6.45) is 10.8. The molecule has 0 spiro atoms. The van der Waals surface area contributed by atoms with Crippen LogP contribution in [0.4, 0.5) is 0 Å². The molecular weight excluding hydrogens is 304 g/mol. The predicted octanol–water partition coefficient (Wildman–Crippen LogP) is 4.16. The highest BCUT2D eigenvalue weighted by Gasteiger charge is 2.13. The van der Waals surface area contributed by atoms with Gasteiger partial charge >= 0.3 is 5.97 Å². The van der Waals surface area contributed by atoms with Crippen molar-refractivity contribution in [1.29, 1.82) is 0 Å². The van der Waals surface area contributed by atoms with Gasteiger partial charge in [-0.05, 0) is 64.9 Å². The molecule has 136 valence electrons. The summed E-state index contributed by atoms with van der Waals surface area (Å²) in [5.41, 5.74) is 1.55. The van der Waals surface area contributed by atoms with Gasteiger partial charge in [-0.2, -0.15) is 0 Å². The van der Waals surface area contributed by atoms with Crippen LogP contribution in [-0.4, -0.2) is 33.5 Å². The van der Waals surface area contributed by atoms with Gasteiger partial charge in [0.15, 0.2) is 0 Å². The van der Waals surface area contributed by atoms with E-state index in [-0.39, 0.29) is 6.61 Å². The van der Waals surface area contributed by atoms with Crippen LogP contribution in [0.1, 0.15) is 59.3 Å². The highest BCUT2D eigenvalue weighted by molar-refractivity contribution is 5.86. The molecule has 0 rings (SSSR count). The molecule has 1 unspecified atom stereocenters. The number of carboxylic acid groups (broad SMARTS) is 1. The number of rotatable bonds is 12. The summed E-state index contributed by atoms with van der Waals surface area (Å²) in [4.78, 5) is 11.2. The zero-order valence-corrected chi connectivity index (χ0v) is 15.2. The van der Waals surface area contributed by atoms with Crippen LogP contribution in [0.25, 0.3) is 0 Å². The average Bonchev–Trinajstić information content (AvgIpc) is 2.51. The molecule has 0 aromatic heterocycles. The zero-order valence-electron chi connectivity index (χ0n) is 15.2. The monoisotopic (exact) mass is 336 g/mol. The van der Waals surface area contributed by atoms with E-state index < -0.39 is 11.6 Å². The maximum atomic E-state index is 11.2. The van der Waals surface area contributed by atoms with Crippen molar-refractivity contribution >= 4 is 5.97 Å². The van der Waals surface area contributed by atoms with E-state index in [1.807, 2.05) is 26.0 Å². The summed E-state index contributed by atoms with van der Waals surface area (Å²) in [7, 11) is 0. The van der Waals surface area contributed by atoms with E-state index in [4.69, 9.17) is 0 Å². The van der Waals surface area contributed by atoms with E-state index in [1.165, 1.54) is 11.6 Å². The molecule has 0 aliphatic heterocycles. The van der Waals surface area contributed by atoms with Gasteiger partial charge in [0.2, 0.25) is 0 Å². The molecule has 0 saturated carbocycles. The van der Waals surface area contributed by atoms with Crippen molar-refractivity contribution in [3.8, 4) is 0 Å². The molecule has 0 radical (unpaired) electrons. The quantitative estimate of drug-likeness (QED) is 0.369. The van der Waals surface area contributed by atoms with Gasteiger partial charge in [-0.25, -0.2) is 4.79 Å². The summed E-state index contributed by atoms with van der Waals surface area (Å²) >= 11 is 0. The Balaban J connectivity index is 4.54. The van der Waals surface area contributed by atoms with Crippen LogP contribution < -0.4 is 0 Å². The van der Waals surface area contributed by atoms with E-state index in [1.54, 1.807) is 13.0 Å². The molecule has 0 aliphatic rings. The lowest BCUT2D eigenvalue weighted by Crippen LogP contribution is -2.19. The van der Waals surface area contributed by atoms with Crippen LogP contribution in [0.15, 0.2) is 47.6 Å². The average molecular weight is 336 g/mol.